The maximum atomic E-state index is 12.5. The van der Waals surface area contributed by atoms with Gasteiger partial charge < -0.3 is 10.2 Å². The van der Waals surface area contributed by atoms with Gasteiger partial charge in [-0.1, -0.05) is 12.1 Å². The predicted molar refractivity (Wildman–Crippen MR) is 93.5 cm³/mol. The van der Waals surface area contributed by atoms with Crippen molar-refractivity contribution in [2.75, 3.05) is 11.9 Å². The molecule has 0 unspecified atom stereocenters. The second-order valence-corrected chi connectivity index (χ2v) is 6.79. The monoisotopic (exact) mass is 328 g/mol. The first-order valence-corrected chi connectivity index (χ1v) is 8.67. The lowest BCUT2D eigenvalue weighted by Crippen LogP contribution is -2.42. The van der Waals surface area contributed by atoms with Crippen LogP contribution in [0.5, 0.6) is 0 Å². The van der Waals surface area contributed by atoms with Crippen LogP contribution in [-0.4, -0.2) is 29.3 Å². The summed E-state index contributed by atoms with van der Waals surface area (Å²) >= 11 is 1.69. The molecule has 120 valence electrons. The van der Waals surface area contributed by atoms with E-state index in [0.29, 0.717) is 6.54 Å². The summed E-state index contributed by atoms with van der Waals surface area (Å²) in [5.41, 5.74) is 3.11. The summed E-state index contributed by atoms with van der Waals surface area (Å²) in [5, 5.41) is 5.03. The summed E-state index contributed by atoms with van der Waals surface area (Å²) in [6.45, 7) is 4.27. The summed E-state index contributed by atoms with van der Waals surface area (Å²) < 4.78 is 0. The van der Waals surface area contributed by atoms with Gasteiger partial charge in [0, 0.05) is 24.0 Å². The van der Waals surface area contributed by atoms with Gasteiger partial charge in [-0.3, -0.25) is 9.59 Å². The molecule has 1 aliphatic rings. The Balaban J connectivity index is 1.77. The molecule has 2 amide bonds. The van der Waals surface area contributed by atoms with E-state index in [2.05, 4.69) is 23.7 Å². The third-order valence-corrected chi connectivity index (χ3v) is 5.28. The highest BCUT2D eigenvalue weighted by molar-refractivity contribution is 7.13. The third kappa shape index (κ3) is 3.29. The van der Waals surface area contributed by atoms with Gasteiger partial charge in [0.1, 0.15) is 6.04 Å². The Morgan fingerprint density at radius 2 is 2.13 bits per heavy atom. The molecule has 1 fully saturated rings. The molecule has 23 heavy (non-hydrogen) atoms. The first-order valence-electron chi connectivity index (χ1n) is 7.79. The molecule has 4 nitrogen and oxygen atoms in total. The number of hydrogen-bond donors (Lipinski definition) is 1. The molecule has 1 saturated heterocycles. The van der Waals surface area contributed by atoms with E-state index in [1.165, 1.54) is 17.4 Å². The van der Waals surface area contributed by atoms with Gasteiger partial charge in [0.15, 0.2) is 0 Å². The maximum Gasteiger partial charge on any atom is 0.247 e. The fourth-order valence-electron chi connectivity index (χ4n) is 3.05. The normalized spacial score (nSPS) is 17.3. The van der Waals surface area contributed by atoms with Crippen LogP contribution in [0.1, 0.15) is 25.3 Å². The van der Waals surface area contributed by atoms with Crippen molar-refractivity contribution in [1.29, 1.82) is 0 Å². The van der Waals surface area contributed by atoms with Gasteiger partial charge in [0.25, 0.3) is 0 Å². The molecule has 0 spiro atoms. The van der Waals surface area contributed by atoms with Crippen LogP contribution in [0.4, 0.5) is 5.69 Å². The van der Waals surface area contributed by atoms with Crippen molar-refractivity contribution in [3.05, 3.63) is 41.3 Å². The quantitative estimate of drug-likeness (QED) is 0.934. The summed E-state index contributed by atoms with van der Waals surface area (Å²) in [4.78, 5) is 27.0. The van der Waals surface area contributed by atoms with E-state index < -0.39 is 0 Å². The number of likely N-dealkylation sites (tertiary alicyclic amines) is 1. The van der Waals surface area contributed by atoms with E-state index in [1.807, 2.05) is 24.3 Å². The molecule has 1 aliphatic heterocycles. The highest BCUT2D eigenvalue weighted by Gasteiger charge is 2.32. The topological polar surface area (TPSA) is 49.4 Å². The molecule has 0 aliphatic carbocycles. The van der Waals surface area contributed by atoms with Gasteiger partial charge in [-0.15, -0.1) is 11.3 Å². The van der Waals surface area contributed by atoms with Crippen LogP contribution in [0.25, 0.3) is 10.4 Å². The van der Waals surface area contributed by atoms with Crippen LogP contribution >= 0.6 is 11.3 Å². The number of amides is 2. The minimum Gasteiger partial charge on any atom is -0.331 e. The molecule has 2 heterocycles. The van der Waals surface area contributed by atoms with Crippen molar-refractivity contribution in [2.45, 2.75) is 32.7 Å². The van der Waals surface area contributed by atoms with E-state index in [0.717, 1.165) is 24.1 Å². The van der Waals surface area contributed by atoms with Crippen LogP contribution in [-0.2, 0) is 9.59 Å². The van der Waals surface area contributed by atoms with Crippen molar-refractivity contribution < 1.29 is 9.59 Å². The fourth-order valence-corrected chi connectivity index (χ4v) is 3.97. The smallest absolute Gasteiger partial charge is 0.247 e. The average Bonchev–Trinajstić information content (AvgIpc) is 3.16. The molecule has 3 rings (SSSR count). The number of carbonyl (C=O) groups excluding carboxylic acids is 2. The van der Waals surface area contributed by atoms with Crippen molar-refractivity contribution in [3.63, 3.8) is 0 Å². The number of rotatable bonds is 3. The van der Waals surface area contributed by atoms with E-state index in [-0.39, 0.29) is 17.9 Å². The Hall–Kier alpha value is -2.14. The van der Waals surface area contributed by atoms with E-state index in [4.69, 9.17) is 0 Å². The highest BCUT2D eigenvalue weighted by Crippen LogP contribution is 2.30. The molecule has 2 aromatic rings. The van der Waals surface area contributed by atoms with Crippen LogP contribution in [0.3, 0.4) is 0 Å². The second-order valence-electron chi connectivity index (χ2n) is 5.87. The zero-order valence-corrected chi connectivity index (χ0v) is 14.2. The first kappa shape index (κ1) is 15.7. The number of anilines is 1. The summed E-state index contributed by atoms with van der Waals surface area (Å²) in [7, 11) is 0. The number of carbonyl (C=O) groups is 2. The number of aryl methyl sites for hydroxylation is 1. The predicted octanol–water partition coefficient (Wildman–Crippen LogP) is 3.67. The van der Waals surface area contributed by atoms with Gasteiger partial charge in [0.2, 0.25) is 11.8 Å². The standard InChI is InChI=1S/C18H20N2O2S/c1-12-8-10-23-17(12)14-5-3-6-15(11-14)19-18(22)16-7-4-9-20(16)13(2)21/h3,5-6,8,10-11,16H,4,7,9H2,1-2H3,(H,19,22)/t16-/m0/s1. The van der Waals surface area contributed by atoms with Crippen molar-refractivity contribution in [3.8, 4) is 10.4 Å². The van der Waals surface area contributed by atoms with Crippen LogP contribution in [0.15, 0.2) is 35.7 Å². The zero-order valence-electron chi connectivity index (χ0n) is 13.3. The Labute approximate surface area is 140 Å². The molecule has 1 N–H and O–H groups in total. The molecular weight excluding hydrogens is 308 g/mol. The molecule has 0 radical (unpaired) electrons. The first-order chi connectivity index (χ1) is 11.1. The lowest BCUT2D eigenvalue weighted by atomic mass is 10.1. The van der Waals surface area contributed by atoms with Crippen molar-refractivity contribution in [1.82, 2.24) is 4.90 Å². The van der Waals surface area contributed by atoms with Crippen LogP contribution in [0.2, 0.25) is 0 Å². The lowest BCUT2D eigenvalue weighted by molar-refractivity contribution is -0.134. The van der Waals surface area contributed by atoms with E-state index >= 15 is 0 Å². The van der Waals surface area contributed by atoms with Gasteiger partial charge in [-0.2, -0.15) is 0 Å². The van der Waals surface area contributed by atoms with Gasteiger partial charge in [0.05, 0.1) is 0 Å². The summed E-state index contributed by atoms with van der Waals surface area (Å²) in [6, 6.07) is 9.61. The number of thiophene rings is 1. The molecule has 0 bridgehead atoms. The number of nitrogens with zero attached hydrogens (tertiary/aromatic N) is 1. The minimum absolute atomic E-state index is 0.0365. The van der Waals surface area contributed by atoms with Crippen molar-refractivity contribution in [2.24, 2.45) is 0 Å². The van der Waals surface area contributed by atoms with E-state index in [1.54, 1.807) is 16.2 Å². The number of benzene rings is 1. The molecule has 5 heteroatoms. The molecule has 1 atom stereocenters. The molecule has 0 saturated carbocycles. The largest absolute Gasteiger partial charge is 0.331 e. The van der Waals surface area contributed by atoms with Crippen molar-refractivity contribution >= 4 is 28.8 Å². The van der Waals surface area contributed by atoms with Gasteiger partial charge in [-0.05, 0) is 54.5 Å². The van der Waals surface area contributed by atoms with Crippen LogP contribution in [0, 0.1) is 6.92 Å². The average molecular weight is 328 g/mol. The Bertz CT molecular complexity index is 738. The highest BCUT2D eigenvalue weighted by atomic mass is 32.1. The zero-order chi connectivity index (χ0) is 16.4. The van der Waals surface area contributed by atoms with Crippen LogP contribution < -0.4 is 5.32 Å². The maximum absolute atomic E-state index is 12.5. The molecule has 1 aromatic heterocycles. The minimum atomic E-state index is -0.348. The fraction of sp³-hybridized carbons (Fsp3) is 0.333. The van der Waals surface area contributed by atoms with Gasteiger partial charge in [-0.25, -0.2) is 0 Å². The second kappa shape index (κ2) is 6.54. The molecular formula is C18H20N2O2S. The van der Waals surface area contributed by atoms with Gasteiger partial charge >= 0.3 is 0 Å². The third-order valence-electron chi connectivity index (χ3n) is 4.21. The number of nitrogens with one attached hydrogen (secondary N) is 1. The van der Waals surface area contributed by atoms with E-state index in [9.17, 15) is 9.59 Å². The SMILES string of the molecule is CC(=O)N1CCC[C@H]1C(=O)Nc1cccc(-c2sccc2C)c1. The Morgan fingerprint density at radius 3 is 2.83 bits per heavy atom. The Kier molecular flexibility index (Phi) is 4.48. The molecule has 1 aromatic carbocycles. The Morgan fingerprint density at radius 1 is 1.30 bits per heavy atom. The number of hydrogen-bond acceptors (Lipinski definition) is 3. The summed E-state index contributed by atoms with van der Waals surface area (Å²) in [5.74, 6) is -0.136. The summed E-state index contributed by atoms with van der Waals surface area (Å²) in [6.07, 6.45) is 1.61. The lowest BCUT2D eigenvalue weighted by Gasteiger charge is -2.22.